The van der Waals surface area contributed by atoms with E-state index in [1.165, 1.54) is 0 Å². The fourth-order valence-electron chi connectivity index (χ4n) is 1.22. The first-order valence-electron chi connectivity index (χ1n) is 4.65. The number of rotatable bonds is 4. The highest BCUT2D eigenvalue weighted by Crippen LogP contribution is 2.23. The van der Waals surface area contributed by atoms with E-state index in [2.05, 4.69) is 5.32 Å². The van der Waals surface area contributed by atoms with Crippen molar-refractivity contribution in [3.63, 3.8) is 0 Å². The van der Waals surface area contributed by atoms with Crippen LogP contribution in [0, 0.1) is 11.8 Å². The minimum absolute atomic E-state index is 0.210. The van der Waals surface area contributed by atoms with Gasteiger partial charge in [-0.2, -0.15) is 11.8 Å². The van der Waals surface area contributed by atoms with E-state index >= 15 is 0 Å². The summed E-state index contributed by atoms with van der Waals surface area (Å²) in [6, 6.07) is 0. The van der Waals surface area contributed by atoms with Crippen LogP contribution in [0.25, 0.3) is 0 Å². The fourth-order valence-corrected chi connectivity index (χ4v) is 2.54. The molecular formula is C9H16ClNOS. The summed E-state index contributed by atoms with van der Waals surface area (Å²) in [5, 5.41) is 2.94. The topological polar surface area (TPSA) is 29.1 Å². The van der Waals surface area contributed by atoms with Gasteiger partial charge in [0.25, 0.3) is 0 Å². The Labute approximate surface area is 88.8 Å². The lowest BCUT2D eigenvalue weighted by molar-refractivity contribution is -0.124. The van der Waals surface area contributed by atoms with E-state index in [1.807, 2.05) is 18.7 Å². The van der Waals surface area contributed by atoms with Crippen LogP contribution in [0.1, 0.15) is 13.3 Å². The molecule has 0 radical (unpaired) electrons. The molecule has 1 saturated heterocycles. The van der Waals surface area contributed by atoms with Crippen molar-refractivity contribution in [2.24, 2.45) is 11.8 Å². The number of thioether (sulfide) groups is 1. The highest BCUT2D eigenvalue weighted by molar-refractivity contribution is 7.99. The highest BCUT2D eigenvalue weighted by Gasteiger charge is 2.22. The van der Waals surface area contributed by atoms with Gasteiger partial charge in [-0.15, -0.1) is 11.6 Å². The molecular weight excluding hydrogens is 206 g/mol. The fraction of sp³-hybridized carbons (Fsp3) is 0.889. The van der Waals surface area contributed by atoms with Crippen molar-refractivity contribution in [1.29, 1.82) is 0 Å². The third-order valence-corrected chi connectivity index (χ3v) is 3.88. The van der Waals surface area contributed by atoms with Crippen LogP contribution in [-0.4, -0.2) is 29.8 Å². The molecule has 2 nitrogen and oxygen atoms in total. The zero-order valence-electron chi connectivity index (χ0n) is 7.88. The van der Waals surface area contributed by atoms with Crippen LogP contribution >= 0.6 is 23.4 Å². The Kier molecular flexibility index (Phi) is 4.96. The third kappa shape index (κ3) is 3.77. The van der Waals surface area contributed by atoms with E-state index in [0.717, 1.165) is 17.9 Å². The standard InChI is InChI=1S/C9H16ClNOS/c1-7(4-10)5-11-9(12)8-2-3-13-6-8/h7-8H,2-6H2,1H3,(H,11,12). The number of halogens is 1. The first-order chi connectivity index (χ1) is 6.24. The smallest absolute Gasteiger partial charge is 0.223 e. The molecule has 1 fully saturated rings. The van der Waals surface area contributed by atoms with E-state index in [1.54, 1.807) is 0 Å². The maximum atomic E-state index is 11.5. The lowest BCUT2D eigenvalue weighted by Gasteiger charge is -2.12. The van der Waals surface area contributed by atoms with Gasteiger partial charge in [-0.1, -0.05) is 6.92 Å². The molecule has 2 atom stereocenters. The number of hydrogen-bond acceptors (Lipinski definition) is 2. The first-order valence-corrected chi connectivity index (χ1v) is 6.34. The third-order valence-electron chi connectivity index (χ3n) is 2.19. The summed E-state index contributed by atoms with van der Waals surface area (Å²) in [5.74, 6) is 3.55. The number of alkyl halides is 1. The van der Waals surface area contributed by atoms with Gasteiger partial charge in [0.05, 0.1) is 0 Å². The van der Waals surface area contributed by atoms with Gasteiger partial charge in [0.1, 0.15) is 0 Å². The molecule has 0 spiro atoms. The molecule has 1 N–H and O–H groups in total. The number of carbonyl (C=O) groups is 1. The monoisotopic (exact) mass is 221 g/mol. The summed E-state index contributed by atoms with van der Waals surface area (Å²) in [7, 11) is 0. The van der Waals surface area contributed by atoms with Gasteiger partial charge in [-0.3, -0.25) is 4.79 Å². The van der Waals surface area contributed by atoms with E-state index in [0.29, 0.717) is 18.3 Å². The average Bonchev–Trinajstić information content (AvgIpc) is 2.66. The maximum Gasteiger partial charge on any atom is 0.223 e. The summed E-state index contributed by atoms with van der Waals surface area (Å²) in [6.07, 6.45) is 1.03. The molecule has 2 unspecified atom stereocenters. The molecule has 0 aromatic carbocycles. The summed E-state index contributed by atoms with van der Waals surface area (Å²) < 4.78 is 0. The van der Waals surface area contributed by atoms with Crippen molar-refractivity contribution < 1.29 is 4.79 Å². The van der Waals surface area contributed by atoms with Crippen LogP contribution < -0.4 is 5.32 Å². The molecule has 1 aliphatic heterocycles. The van der Waals surface area contributed by atoms with E-state index in [-0.39, 0.29) is 11.8 Å². The van der Waals surface area contributed by atoms with Gasteiger partial charge in [0.2, 0.25) is 5.91 Å². The van der Waals surface area contributed by atoms with Crippen molar-refractivity contribution in [2.75, 3.05) is 23.9 Å². The number of carbonyl (C=O) groups excluding carboxylic acids is 1. The normalized spacial score (nSPS) is 24.3. The lowest BCUT2D eigenvalue weighted by atomic mass is 10.1. The molecule has 0 aromatic heterocycles. The van der Waals surface area contributed by atoms with Gasteiger partial charge in [-0.05, 0) is 18.1 Å². The molecule has 4 heteroatoms. The van der Waals surface area contributed by atoms with Gasteiger partial charge in [0, 0.05) is 24.1 Å². The summed E-state index contributed by atoms with van der Waals surface area (Å²) in [4.78, 5) is 11.5. The average molecular weight is 222 g/mol. The van der Waals surface area contributed by atoms with Gasteiger partial charge in [0.15, 0.2) is 0 Å². The van der Waals surface area contributed by atoms with E-state index in [9.17, 15) is 4.79 Å². The lowest BCUT2D eigenvalue weighted by Crippen LogP contribution is -2.34. The Morgan fingerprint density at radius 1 is 1.77 bits per heavy atom. The molecule has 13 heavy (non-hydrogen) atoms. The Morgan fingerprint density at radius 2 is 2.54 bits per heavy atom. The second-order valence-corrected chi connectivity index (χ2v) is 5.02. The molecule has 1 rings (SSSR count). The number of nitrogens with one attached hydrogen (secondary N) is 1. The van der Waals surface area contributed by atoms with Crippen LogP contribution in [0.5, 0.6) is 0 Å². The molecule has 0 bridgehead atoms. The maximum absolute atomic E-state index is 11.5. The van der Waals surface area contributed by atoms with Gasteiger partial charge in [-0.25, -0.2) is 0 Å². The zero-order chi connectivity index (χ0) is 9.68. The number of amides is 1. The van der Waals surface area contributed by atoms with Crippen LogP contribution in [0.15, 0.2) is 0 Å². The van der Waals surface area contributed by atoms with Crippen molar-refractivity contribution in [1.82, 2.24) is 5.32 Å². The SMILES string of the molecule is CC(CCl)CNC(=O)C1CCSC1. The van der Waals surface area contributed by atoms with Crippen LogP contribution in [0.4, 0.5) is 0 Å². The molecule has 1 amide bonds. The second-order valence-electron chi connectivity index (χ2n) is 3.57. The van der Waals surface area contributed by atoms with Crippen LogP contribution in [0.3, 0.4) is 0 Å². The predicted molar refractivity (Wildman–Crippen MR) is 58.3 cm³/mol. The van der Waals surface area contributed by atoms with Crippen molar-refractivity contribution in [3.05, 3.63) is 0 Å². The summed E-state index contributed by atoms with van der Waals surface area (Å²) >= 11 is 7.50. The quantitative estimate of drug-likeness (QED) is 0.733. The molecule has 1 heterocycles. The largest absolute Gasteiger partial charge is 0.356 e. The Morgan fingerprint density at radius 3 is 3.08 bits per heavy atom. The molecule has 76 valence electrons. The summed E-state index contributed by atoms with van der Waals surface area (Å²) in [5.41, 5.74) is 0. The predicted octanol–water partition coefficient (Wildman–Crippen LogP) is 1.73. The Balaban J connectivity index is 2.16. The van der Waals surface area contributed by atoms with Crippen molar-refractivity contribution >= 4 is 29.3 Å². The number of hydrogen-bond donors (Lipinski definition) is 1. The Hall–Kier alpha value is 0.110. The minimum Gasteiger partial charge on any atom is -0.356 e. The Bertz CT molecular complexity index is 171. The second kappa shape index (κ2) is 5.76. The van der Waals surface area contributed by atoms with E-state index in [4.69, 9.17) is 11.6 Å². The zero-order valence-corrected chi connectivity index (χ0v) is 9.46. The highest BCUT2D eigenvalue weighted by atomic mass is 35.5. The minimum atomic E-state index is 0.210. The van der Waals surface area contributed by atoms with Gasteiger partial charge >= 0.3 is 0 Å². The molecule has 0 aromatic rings. The van der Waals surface area contributed by atoms with Crippen LogP contribution in [0.2, 0.25) is 0 Å². The molecule has 1 aliphatic rings. The van der Waals surface area contributed by atoms with Gasteiger partial charge < -0.3 is 5.32 Å². The molecule has 0 aliphatic carbocycles. The summed E-state index contributed by atoms with van der Waals surface area (Å²) in [6.45, 7) is 2.75. The molecule has 0 saturated carbocycles. The van der Waals surface area contributed by atoms with Crippen LogP contribution in [-0.2, 0) is 4.79 Å². The first kappa shape index (κ1) is 11.2. The van der Waals surface area contributed by atoms with E-state index < -0.39 is 0 Å². The van der Waals surface area contributed by atoms with Crippen molar-refractivity contribution in [2.45, 2.75) is 13.3 Å². The van der Waals surface area contributed by atoms with Crippen molar-refractivity contribution in [3.8, 4) is 0 Å².